The number of fused-ring (bicyclic) bond motifs is 1. The molecule has 1 atom stereocenters. The van der Waals surface area contributed by atoms with Crippen molar-refractivity contribution in [1.82, 2.24) is 9.88 Å². The first-order chi connectivity index (χ1) is 22.9. The molecule has 0 aliphatic rings. The summed E-state index contributed by atoms with van der Waals surface area (Å²) in [4.78, 5) is 41.0. The first kappa shape index (κ1) is 34.8. The van der Waals surface area contributed by atoms with E-state index in [1.807, 2.05) is 30.3 Å². The van der Waals surface area contributed by atoms with E-state index in [2.05, 4.69) is 10.6 Å². The molecule has 48 heavy (non-hydrogen) atoms. The van der Waals surface area contributed by atoms with E-state index in [-0.39, 0.29) is 42.1 Å². The van der Waals surface area contributed by atoms with Gasteiger partial charge in [-0.25, -0.2) is 8.78 Å². The fourth-order valence-electron chi connectivity index (χ4n) is 5.30. The topological polar surface area (TPSA) is 121 Å². The zero-order valence-electron chi connectivity index (χ0n) is 26.8. The van der Waals surface area contributed by atoms with Crippen LogP contribution >= 0.6 is 11.3 Å². The van der Waals surface area contributed by atoms with Crippen LogP contribution in [0.5, 0.6) is 0 Å². The Balaban J connectivity index is 1.66. The van der Waals surface area contributed by atoms with Crippen LogP contribution < -0.4 is 16.1 Å². The molecule has 250 valence electrons. The summed E-state index contributed by atoms with van der Waals surface area (Å²) in [7, 11) is 0. The maximum absolute atomic E-state index is 14.9. The smallest absolute Gasteiger partial charge is 0.229 e. The number of nitrogens with zero attached hydrogens (tertiary/aromatic N) is 1. The van der Waals surface area contributed by atoms with Crippen molar-refractivity contribution in [2.24, 2.45) is 5.92 Å². The third-order valence-corrected chi connectivity index (χ3v) is 9.39. The number of aromatic nitrogens is 1. The lowest BCUT2D eigenvalue weighted by Gasteiger charge is -2.18. The summed E-state index contributed by atoms with van der Waals surface area (Å²) in [5.41, 5.74) is -0.0619. The van der Waals surface area contributed by atoms with Gasteiger partial charge in [0.25, 0.3) is 0 Å². The maximum atomic E-state index is 14.9. The molecule has 11 heteroatoms. The van der Waals surface area contributed by atoms with Crippen molar-refractivity contribution < 1.29 is 28.6 Å². The minimum atomic E-state index is -1.88. The van der Waals surface area contributed by atoms with Gasteiger partial charge >= 0.3 is 0 Å². The number of nitrogens with one attached hydrogen (secondary N) is 2. The molecular weight excluding hydrogens is 636 g/mol. The van der Waals surface area contributed by atoms with Gasteiger partial charge in [-0.3, -0.25) is 14.4 Å². The predicted octanol–water partition coefficient (Wildman–Crippen LogP) is 5.91. The zero-order chi connectivity index (χ0) is 34.6. The summed E-state index contributed by atoms with van der Waals surface area (Å²) >= 11 is 1.24. The van der Waals surface area contributed by atoms with Gasteiger partial charge in [0.2, 0.25) is 11.3 Å². The second-order valence-electron chi connectivity index (χ2n) is 12.2. The fourth-order valence-corrected chi connectivity index (χ4v) is 6.60. The molecule has 8 nitrogen and oxygen atoms in total. The minimum absolute atomic E-state index is 0.211. The van der Waals surface area contributed by atoms with Crippen LogP contribution in [0.2, 0.25) is 0 Å². The third-order valence-electron chi connectivity index (χ3n) is 8.07. The van der Waals surface area contributed by atoms with Gasteiger partial charge in [0.15, 0.2) is 5.78 Å². The number of hydrogen-bond acceptors (Lipinski definition) is 7. The largest absolute Gasteiger partial charge is 0.396 e. The second-order valence-corrected chi connectivity index (χ2v) is 13.2. The first-order valence-electron chi connectivity index (χ1n) is 15.5. The highest BCUT2D eigenvalue weighted by Gasteiger charge is 2.31. The zero-order valence-corrected chi connectivity index (χ0v) is 27.7. The van der Waals surface area contributed by atoms with Gasteiger partial charge in [0.05, 0.1) is 30.0 Å². The van der Waals surface area contributed by atoms with E-state index >= 15 is 0 Å². The van der Waals surface area contributed by atoms with Crippen molar-refractivity contribution in [3.8, 4) is 10.4 Å². The Bertz CT molecular complexity index is 1980. The van der Waals surface area contributed by atoms with Gasteiger partial charge in [-0.15, -0.1) is 11.3 Å². The maximum Gasteiger partial charge on any atom is 0.229 e. The van der Waals surface area contributed by atoms with Crippen LogP contribution in [0.15, 0.2) is 83.8 Å². The summed E-state index contributed by atoms with van der Waals surface area (Å²) in [6, 6.07) is 20.4. The number of carbonyl (C=O) groups is 2. The van der Waals surface area contributed by atoms with E-state index in [0.717, 1.165) is 24.1 Å². The molecular formula is C37H37F2N3O5S. The molecule has 3 aromatic carbocycles. The first-order valence-corrected chi connectivity index (χ1v) is 16.4. The molecule has 0 aliphatic heterocycles. The minimum Gasteiger partial charge on any atom is -0.396 e. The number of carbonyl (C=O) groups excluding carboxylic acids is 2. The number of aliphatic hydroxyl groups is 2. The summed E-state index contributed by atoms with van der Waals surface area (Å²) in [5.74, 6) is -3.29. The van der Waals surface area contributed by atoms with Gasteiger partial charge in [0, 0.05) is 28.9 Å². The van der Waals surface area contributed by atoms with Gasteiger partial charge in [-0.2, -0.15) is 0 Å². The highest BCUT2D eigenvalue weighted by atomic mass is 32.1. The molecule has 0 spiro atoms. The number of Topliss-reactive ketones (excluding diaryl/α,β-unsaturated/α-hetero) is 1. The van der Waals surface area contributed by atoms with E-state index < -0.39 is 34.4 Å². The van der Waals surface area contributed by atoms with Gasteiger partial charge < -0.3 is 25.4 Å². The molecule has 2 heterocycles. The Labute approximate surface area is 280 Å². The van der Waals surface area contributed by atoms with Crippen molar-refractivity contribution in [3.05, 3.63) is 123 Å². The highest BCUT2D eigenvalue weighted by Crippen LogP contribution is 2.39. The molecule has 5 aromatic rings. The average Bonchev–Trinajstić information content (AvgIpc) is 3.45. The Morgan fingerprint density at radius 2 is 1.62 bits per heavy atom. The second kappa shape index (κ2) is 14.7. The van der Waals surface area contributed by atoms with Crippen molar-refractivity contribution >= 4 is 38.9 Å². The van der Waals surface area contributed by atoms with Gasteiger partial charge in [-0.05, 0) is 67.8 Å². The van der Waals surface area contributed by atoms with Gasteiger partial charge in [0.1, 0.15) is 22.1 Å². The number of hydrogen-bond donors (Lipinski definition) is 4. The van der Waals surface area contributed by atoms with Crippen LogP contribution in [0.4, 0.5) is 14.5 Å². The Kier molecular flexibility index (Phi) is 10.6. The summed E-state index contributed by atoms with van der Waals surface area (Å²) in [6.45, 7) is 4.38. The Morgan fingerprint density at radius 1 is 0.958 bits per heavy atom. The fraction of sp³-hybridized carbons (Fsp3) is 0.270. The number of aliphatic hydroxyl groups excluding tert-OH is 1. The Hall–Kier alpha value is -4.55. The van der Waals surface area contributed by atoms with Crippen molar-refractivity contribution in [2.45, 2.75) is 45.9 Å². The molecule has 1 amide bonds. The van der Waals surface area contributed by atoms with E-state index in [4.69, 9.17) is 0 Å². The van der Waals surface area contributed by atoms with E-state index in [0.29, 0.717) is 33.1 Å². The number of rotatable bonds is 13. The van der Waals surface area contributed by atoms with Crippen LogP contribution in [0.1, 0.15) is 47.8 Å². The molecule has 0 fully saturated rings. The number of halogens is 2. The van der Waals surface area contributed by atoms with Crippen LogP contribution in [0, 0.1) is 17.6 Å². The standard InChI is InChI=1S/C37H37F2N3O5S/c1-22(21-43)35(46)41-25-14-12-24(13-15-25)33-26(18-40-17-16-23-8-5-4-6-9-23)31-32(44)28(34(45)37(2,3)47)20-42(36(31)48-33)19-27-29(38)10-7-11-30(27)39/h4-15,20,22,40,43,47H,16-19,21H2,1-3H3,(H,41,46). The number of thiophene rings is 1. The molecule has 0 saturated carbocycles. The van der Waals surface area contributed by atoms with Crippen LogP contribution in [-0.2, 0) is 24.3 Å². The summed E-state index contributed by atoms with van der Waals surface area (Å²) < 4.78 is 31.3. The van der Waals surface area contributed by atoms with Gasteiger partial charge in [-0.1, -0.05) is 55.5 Å². The number of benzene rings is 3. The lowest BCUT2D eigenvalue weighted by molar-refractivity contribution is -0.120. The monoisotopic (exact) mass is 673 g/mol. The molecule has 4 N–H and O–H groups in total. The highest BCUT2D eigenvalue weighted by molar-refractivity contribution is 7.22. The van der Waals surface area contributed by atoms with E-state index in [1.165, 1.54) is 42.0 Å². The average molecular weight is 674 g/mol. The molecule has 0 saturated heterocycles. The van der Waals surface area contributed by atoms with E-state index in [9.17, 15) is 33.4 Å². The van der Waals surface area contributed by atoms with E-state index in [1.54, 1.807) is 31.2 Å². The molecule has 1 unspecified atom stereocenters. The summed E-state index contributed by atoms with van der Waals surface area (Å²) in [6.07, 6.45) is 1.99. The van der Waals surface area contributed by atoms with Crippen molar-refractivity contribution in [1.29, 1.82) is 0 Å². The van der Waals surface area contributed by atoms with Crippen LogP contribution in [0.25, 0.3) is 20.7 Å². The van der Waals surface area contributed by atoms with Crippen LogP contribution in [0.3, 0.4) is 0 Å². The SMILES string of the molecule is CC(CO)C(=O)Nc1ccc(-c2sc3c(c2CNCCc2ccccc2)c(=O)c(C(=O)C(C)(C)O)cn3Cc2c(F)cccc2F)cc1. The third kappa shape index (κ3) is 7.60. The quantitative estimate of drug-likeness (QED) is 0.0912. The summed E-state index contributed by atoms with van der Waals surface area (Å²) in [5, 5.41) is 26.3. The number of anilines is 1. The molecule has 0 bridgehead atoms. The molecule has 0 aliphatic carbocycles. The van der Waals surface area contributed by atoms with Crippen LogP contribution in [-0.4, -0.2) is 45.2 Å². The number of amides is 1. The lowest BCUT2D eigenvalue weighted by Crippen LogP contribution is -2.35. The molecule has 5 rings (SSSR count). The predicted molar refractivity (Wildman–Crippen MR) is 184 cm³/mol. The molecule has 2 aromatic heterocycles. The van der Waals surface area contributed by atoms with Crippen molar-refractivity contribution in [3.63, 3.8) is 0 Å². The number of ketones is 1. The molecule has 0 radical (unpaired) electrons. The number of pyridine rings is 1. The lowest BCUT2D eigenvalue weighted by atomic mass is 9.96. The normalized spacial score (nSPS) is 12.3. The Morgan fingerprint density at radius 3 is 2.25 bits per heavy atom. The van der Waals surface area contributed by atoms with Crippen molar-refractivity contribution in [2.75, 3.05) is 18.5 Å².